The van der Waals surface area contributed by atoms with Crippen LogP contribution in [-0.2, 0) is 0 Å². The van der Waals surface area contributed by atoms with Gasteiger partial charge in [-0.2, -0.15) is 0 Å². The molecule has 0 radical (unpaired) electrons. The predicted octanol–water partition coefficient (Wildman–Crippen LogP) is 3.84. The van der Waals surface area contributed by atoms with Gasteiger partial charge < -0.3 is 5.73 Å². The minimum Gasteiger partial charge on any atom is -0.398 e. The molecule has 0 saturated heterocycles. The van der Waals surface area contributed by atoms with Crippen LogP contribution >= 0.6 is 11.8 Å². The molecule has 17 heavy (non-hydrogen) atoms. The molecule has 0 saturated carbocycles. The Morgan fingerprint density at radius 3 is 2.18 bits per heavy atom. The maximum Gasteiger partial charge on any atom is 0.137 e. The first kappa shape index (κ1) is 11.9. The second-order valence-corrected chi connectivity index (χ2v) is 4.44. The molecular weight excluding hydrogens is 247 g/mol. The highest BCUT2D eigenvalue weighted by Crippen LogP contribution is 2.34. The molecule has 0 aliphatic rings. The van der Waals surface area contributed by atoms with E-state index >= 15 is 0 Å². The highest BCUT2D eigenvalue weighted by atomic mass is 32.2. The maximum absolute atomic E-state index is 13.4. The topological polar surface area (TPSA) is 26.0 Å². The maximum atomic E-state index is 13.4. The lowest BCUT2D eigenvalue weighted by molar-refractivity contribution is 0.577. The zero-order chi connectivity index (χ0) is 12.4. The van der Waals surface area contributed by atoms with E-state index in [0.29, 0.717) is 4.90 Å². The summed E-state index contributed by atoms with van der Waals surface area (Å²) in [5.74, 6) is -1.54. The minimum atomic E-state index is -0.542. The number of rotatable bonds is 2. The van der Waals surface area contributed by atoms with Crippen molar-refractivity contribution >= 4 is 17.4 Å². The van der Waals surface area contributed by atoms with E-state index in [1.54, 1.807) is 0 Å². The molecule has 0 spiro atoms. The fraction of sp³-hybridized carbons (Fsp3) is 0. The highest BCUT2D eigenvalue weighted by molar-refractivity contribution is 7.99. The van der Waals surface area contributed by atoms with Crippen molar-refractivity contribution in [3.05, 3.63) is 53.8 Å². The van der Waals surface area contributed by atoms with Gasteiger partial charge in [0.15, 0.2) is 0 Å². The first-order valence-electron chi connectivity index (χ1n) is 4.74. The second-order valence-electron chi connectivity index (χ2n) is 3.36. The largest absolute Gasteiger partial charge is 0.398 e. The predicted molar refractivity (Wildman–Crippen MR) is 61.3 cm³/mol. The van der Waals surface area contributed by atoms with Crippen LogP contribution in [0.4, 0.5) is 18.9 Å². The van der Waals surface area contributed by atoms with Crippen molar-refractivity contribution in [3.8, 4) is 0 Å². The highest BCUT2D eigenvalue weighted by Gasteiger charge is 2.08. The summed E-state index contributed by atoms with van der Waals surface area (Å²) in [7, 11) is 0. The first-order valence-corrected chi connectivity index (χ1v) is 5.56. The van der Waals surface area contributed by atoms with Gasteiger partial charge in [-0.05, 0) is 36.4 Å². The van der Waals surface area contributed by atoms with Crippen molar-refractivity contribution in [2.45, 2.75) is 9.79 Å². The van der Waals surface area contributed by atoms with E-state index in [2.05, 4.69) is 0 Å². The number of nitrogen functional groups attached to an aromatic ring is 1. The van der Waals surface area contributed by atoms with Gasteiger partial charge in [-0.15, -0.1) is 0 Å². The van der Waals surface area contributed by atoms with Gasteiger partial charge >= 0.3 is 0 Å². The normalized spacial score (nSPS) is 10.5. The van der Waals surface area contributed by atoms with E-state index in [0.717, 1.165) is 36.0 Å². The van der Waals surface area contributed by atoms with Crippen LogP contribution < -0.4 is 5.73 Å². The molecule has 0 bridgehead atoms. The van der Waals surface area contributed by atoms with Crippen LogP contribution in [0.1, 0.15) is 0 Å². The number of hydrogen-bond donors (Lipinski definition) is 1. The third-order valence-corrected chi connectivity index (χ3v) is 3.21. The molecule has 0 aliphatic heterocycles. The van der Waals surface area contributed by atoms with E-state index in [1.165, 1.54) is 12.1 Å². The summed E-state index contributed by atoms with van der Waals surface area (Å²) in [6.45, 7) is 0. The van der Waals surface area contributed by atoms with Crippen molar-refractivity contribution in [1.82, 2.24) is 0 Å². The molecule has 0 aliphatic carbocycles. The summed E-state index contributed by atoms with van der Waals surface area (Å²) in [6.07, 6.45) is 0. The number of benzene rings is 2. The molecule has 0 atom stereocenters. The lowest BCUT2D eigenvalue weighted by Gasteiger charge is -2.06. The molecule has 1 nitrogen and oxygen atoms in total. The summed E-state index contributed by atoms with van der Waals surface area (Å²) in [5, 5.41) is 0. The Morgan fingerprint density at radius 1 is 0.824 bits per heavy atom. The van der Waals surface area contributed by atoms with Gasteiger partial charge in [0, 0.05) is 10.6 Å². The summed E-state index contributed by atoms with van der Waals surface area (Å²) < 4.78 is 39.1. The molecule has 88 valence electrons. The van der Waals surface area contributed by atoms with Crippen LogP contribution in [0.25, 0.3) is 0 Å². The second kappa shape index (κ2) is 4.71. The Labute approximate surface area is 100 Å². The van der Waals surface area contributed by atoms with Gasteiger partial charge in [-0.1, -0.05) is 11.8 Å². The summed E-state index contributed by atoms with van der Waals surface area (Å²) >= 11 is 0.957. The lowest BCUT2D eigenvalue weighted by atomic mass is 10.3. The quantitative estimate of drug-likeness (QED) is 0.825. The Bertz CT molecular complexity index is 557. The Morgan fingerprint density at radius 2 is 1.47 bits per heavy atom. The molecule has 0 unspecified atom stereocenters. The van der Waals surface area contributed by atoms with E-state index in [4.69, 9.17) is 5.73 Å². The standard InChI is InChI=1S/C12H8F3NS/c13-7-2-4-11(10(16)5-7)17-12-6-8(14)1-3-9(12)15/h1-6H,16H2. The van der Waals surface area contributed by atoms with Crippen molar-refractivity contribution in [2.75, 3.05) is 5.73 Å². The molecule has 5 heteroatoms. The SMILES string of the molecule is Nc1cc(F)ccc1Sc1cc(F)ccc1F. The number of halogens is 3. The number of nitrogens with two attached hydrogens (primary N) is 1. The first-order chi connectivity index (χ1) is 8.06. The third-order valence-electron chi connectivity index (χ3n) is 2.08. The van der Waals surface area contributed by atoms with Crippen molar-refractivity contribution < 1.29 is 13.2 Å². The van der Waals surface area contributed by atoms with Crippen molar-refractivity contribution in [2.24, 2.45) is 0 Å². The molecular formula is C12H8F3NS. The summed E-state index contributed by atoms with van der Waals surface area (Å²) in [5.41, 5.74) is 5.77. The Hall–Kier alpha value is -1.62. The van der Waals surface area contributed by atoms with Gasteiger partial charge in [0.05, 0.1) is 4.90 Å². The smallest absolute Gasteiger partial charge is 0.137 e. The van der Waals surface area contributed by atoms with Crippen LogP contribution in [0.2, 0.25) is 0 Å². The molecule has 0 fully saturated rings. The van der Waals surface area contributed by atoms with Crippen LogP contribution in [-0.4, -0.2) is 0 Å². The molecule has 2 aromatic carbocycles. The molecule has 0 amide bonds. The van der Waals surface area contributed by atoms with Crippen molar-refractivity contribution in [1.29, 1.82) is 0 Å². The van der Waals surface area contributed by atoms with Crippen LogP contribution in [0.3, 0.4) is 0 Å². The monoisotopic (exact) mass is 255 g/mol. The average Bonchev–Trinajstić information content (AvgIpc) is 2.27. The molecule has 2 rings (SSSR count). The average molecular weight is 255 g/mol. The van der Waals surface area contributed by atoms with E-state index < -0.39 is 17.5 Å². The van der Waals surface area contributed by atoms with Gasteiger partial charge in [0.2, 0.25) is 0 Å². The minimum absolute atomic E-state index is 0.114. The third kappa shape index (κ3) is 2.74. The molecule has 0 aromatic heterocycles. The molecule has 2 N–H and O–H groups in total. The van der Waals surface area contributed by atoms with Gasteiger partial charge in [0.1, 0.15) is 17.5 Å². The van der Waals surface area contributed by atoms with Crippen LogP contribution in [0.15, 0.2) is 46.2 Å². The Kier molecular flexibility index (Phi) is 3.28. The summed E-state index contributed by atoms with van der Waals surface area (Å²) in [6, 6.07) is 6.93. The molecule has 0 heterocycles. The number of anilines is 1. The Balaban J connectivity index is 2.34. The molecule has 2 aromatic rings. The van der Waals surface area contributed by atoms with E-state index in [1.807, 2.05) is 0 Å². The fourth-order valence-corrected chi connectivity index (χ4v) is 2.17. The number of hydrogen-bond acceptors (Lipinski definition) is 2. The van der Waals surface area contributed by atoms with E-state index in [-0.39, 0.29) is 10.6 Å². The zero-order valence-electron chi connectivity index (χ0n) is 8.58. The zero-order valence-corrected chi connectivity index (χ0v) is 9.40. The van der Waals surface area contributed by atoms with Gasteiger partial charge in [-0.3, -0.25) is 0 Å². The van der Waals surface area contributed by atoms with E-state index in [9.17, 15) is 13.2 Å². The van der Waals surface area contributed by atoms with Crippen LogP contribution in [0, 0.1) is 17.5 Å². The fourth-order valence-electron chi connectivity index (χ4n) is 1.29. The summed E-state index contributed by atoms with van der Waals surface area (Å²) in [4.78, 5) is 0.596. The lowest BCUT2D eigenvalue weighted by Crippen LogP contribution is -1.91. The van der Waals surface area contributed by atoms with Crippen molar-refractivity contribution in [3.63, 3.8) is 0 Å². The van der Waals surface area contributed by atoms with Gasteiger partial charge in [-0.25, -0.2) is 13.2 Å². The van der Waals surface area contributed by atoms with Crippen LogP contribution in [0.5, 0.6) is 0 Å². The van der Waals surface area contributed by atoms with Gasteiger partial charge in [0.25, 0.3) is 0 Å².